The number of ether oxygens (including phenoxy) is 2. The second kappa shape index (κ2) is 17.8. The van der Waals surface area contributed by atoms with Gasteiger partial charge in [-0.05, 0) is 91.8 Å². The number of aromatic nitrogens is 1. The molecule has 8 rings (SSSR count). The number of rotatable bonds is 8. The molecule has 6 heterocycles. The molecule has 0 aliphatic carbocycles. The third kappa shape index (κ3) is 8.42. The molecule has 14 nitrogen and oxygen atoms in total. The fraction of sp³-hybridized carbons (Fsp3) is 0.520. The maximum atomic E-state index is 14.7. The van der Waals surface area contributed by atoms with Gasteiger partial charge in [0.05, 0.1) is 23.8 Å². The van der Waals surface area contributed by atoms with Gasteiger partial charge in [-0.2, -0.15) is 0 Å². The van der Waals surface area contributed by atoms with Gasteiger partial charge in [0, 0.05) is 80.6 Å². The number of hydrogen-bond acceptors (Lipinski definition) is 9. The molecular weight excluding hydrogens is 811 g/mol. The number of fused-ring (bicyclic) bond motifs is 6. The van der Waals surface area contributed by atoms with Crippen molar-refractivity contribution in [2.45, 2.75) is 104 Å². The number of cyclic esters (lactones) is 1. The van der Waals surface area contributed by atoms with Crippen LogP contribution in [0.25, 0.3) is 27.6 Å². The van der Waals surface area contributed by atoms with E-state index in [1.54, 1.807) is 16.9 Å². The second-order valence-electron chi connectivity index (χ2n) is 19.6. The first kappa shape index (κ1) is 45.0. The molecule has 0 saturated carbocycles. The van der Waals surface area contributed by atoms with Crippen molar-refractivity contribution in [2.24, 2.45) is 28.8 Å². The predicted molar refractivity (Wildman–Crippen MR) is 246 cm³/mol. The van der Waals surface area contributed by atoms with Crippen LogP contribution in [0.3, 0.4) is 0 Å². The summed E-state index contributed by atoms with van der Waals surface area (Å²) in [5, 5.41) is 5.64. The number of methoxy groups -OCH3 is 1. The van der Waals surface area contributed by atoms with E-state index in [4.69, 9.17) is 14.5 Å². The largest absolute Gasteiger partial charge is 0.464 e. The summed E-state index contributed by atoms with van der Waals surface area (Å²) >= 11 is 0. The van der Waals surface area contributed by atoms with Gasteiger partial charge < -0.3 is 29.2 Å². The fourth-order valence-electron chi connectivity index (χ4n) is 10.5. The van der Waals surface area contributed by atoms with Crippen molar-refractivity contribution in [3.8, 4) is 11.1 Å². The van der Waals surface area contributed by atoms with Crippen LogP contribution in [-0.4, -0.2) is 119 Å². The van der Waals surface area contributed by atoms with Crippen LogP contribution >= 0.6 is 0 Å². The molecule has 3 fully saturated rings. The first-order valence-electron chi connectivity index (χ1n) is 22.8. The van der Waals surface area contributed by atoms with Gasteiger partial charge in [-0.25, -0.2) is 5.43 Å². The number of allylic oxidation sites excluding steroid dienone is 1. The number of aliphatic imine (C=N–C) groups is 1. The minimum absolute atomic E-state index is 0.153. The molecule has 0 unspecified atom stereocenters. The molecule has 2 aromatic carbocycles. The third-order valence-electron chi connectivity index (χ3n) is 14.0. The molecule has 4 amide bonds. The Labute approximate surface area is 376 Å². The van der Waals surface area contributed by atoms with Gasteiger partial charge in [-0.1, -0.05) is 64.6 Å². The lowest BCUT2D eigenvalue weighted by atomic mass is 9.78. The Hall–Kier alpha value is -5.60. The topological polar surface area (TPSA) is 155 Å². The molecule has 1 spiro atoms. The van der Waals surface area contributed by atoms with E-state index in [1.165, 1.54) is 11.1 Å². The number of nitrogens with zero attached hydrogens (tertiary/aromatic N) is 5. The third-order valence-corrected chi connectivity index (χ3v) is 14.0. The van der Waals surface area contributed by atoms with Crippen molar-refractivity contribution in [3.05, 3.63) is 77.6 Å². The van der Waals surface area contributed by atoms with Gasteiger partial charge >= 0.3 is 5.97 Å². The first-order valence-corrected chi connectivity index (χ1v) is 22.8. The highest BCUT2D eigenvalue weighted by Gasteiger charge is 2.57. The number of esters is 1. The molecule has 6 bridgehead atoms. The fourth-order valence-corrected chi connectivity index (χ4v) is 10.5. The molecular formula is C50H63N7O7. The Morgan fingerprint density at radius 1 is 1.06 bits per heavy atom. The smallest absolute Gasteiger partial charge is 0.324 e. The summed E-state index contributed by atoms with van der Waals surface area (Å²) in [4.78, 5) is 77.6. The highest BCUT2D eigenvalue weighted by molar-refractivity contribution is 5.97. The molecule has 2 N–H and O–H groups in total. The van der Waals surface area contributed by atoms with Crippen molar-refractivity contribution in [1.29, 1.82) is 0 Å². The van der Waals surface area contributed by atoms with Crippen LogP contribution in [0, 0.1) is 16.7 Å². The number of aryl methyl sites for hydroxylation is 1. The Kier molecular flexibility index (Phi) is 12.5. The van der Waals surface area contributed by atoms with E-state index in [-0.39, 0.29) is 42.8 Å². The number of hydrogen-bond donors (Lipinski definition) is 2. The summed E-state index contributed by atoms with van der Waals surface area (Å²) in [6, 6.07) is 12.0. The summed E-state index contributed by atoms with van der Waals surface area (Å²) in [6.07, 6.45) is 7.01. The molecule has 3 saturated heterocycles. The number of hydrazine groups is 1. The summed E-state index contributed by atoms with van der Waals surface area (Å²) < 4.78 is 14.2. The average molecular weight is 874 g/mol. The summed E-state index contributed by atoms with van der Waals surface area (Å²) in [6.45, 7) is 15.1. The lowest BCUT2D eigenvalue weighted by molar-refractivity contribution is -0.156. The predicted octanol–water partition coefficient (Wildman–Crippen LogP) is 5.38. The molecule has 4 atom stereocenters. The maximum absolute atomic E-state index is 14.7. The average Bonchev–Trinajstić information content (AvgIpc) is 3.75. The SMILES string of the molecule is C=CC(=O)N1CC2(CCN([C@H](C(=O)N[C@H]3Cc4cccc(c4)-c4ccc5c(c4)c(c(C4=C([C@H](C)OC)N=CCC4)n5C)CC(C)(C)COC(=O)[C@@H]4CCCN(N4)C3=O)C(C)C)C2=O)C1. The minimum Gasteiger partial charge on any atom is -0.464 e. The summed E-state index contributed by atoms with van der Waals surface area (Å²) in [5.41, 5.74) is 10.2. The van der Waals surface area contributed by atoms with Crippen molar-refractivity contribution >= 4 is 52.3 Å². The monoisotopic (exact) mass is 873 g/mol. The van der Waals surface area contributed by atoms with Gasteiger partial charge in [0.1, 0.15) is 18.1 Å². The zero-order chi connectivity index (χ0) is 45.7. The summed E-state index contributed by atoms with van der Waals surface area (Å²) in [5.74, 6) is -1.89. The quantitative estimate of drug-likeness (QED) is 0.226. The molecule has 0 radical (unpaired) electrons. The van der Waals surface area contributed by atoms with Crippen molar-refractivity contribution < 1.29 is 33.4 Å². The molecule has 5 aliphatic rings. The Morgan fingerprint density at radius 2 is 1.83 bits per heavy atom. The molecule has 3 aromatic rings. The number of benzene rings is 2. The lowest BCUT2D eigenvalue weighted by Gasteiger charge is -2.46. The van der Waals surface area contributed by atoms with E-state index in [2.05, 4.69) is 73.1 Å². The van der Waals surface area contributed by atoms with Crippen molar-refractivity contribution in [3.63, 3.8) is 0 Å². The van der Waals surface area contributed by atoms with E-state index >= 15 is 0 Å². The number of nitrogens with one attached hydrogen (secondary N) is 2. The molecule has 340 valence electrons. The van der Waals surface area contributed by atoms with Crippen LogP contribution in [0.5, 0.6) is 0 Å². The van der Waals surface area contributed by atoms with Crippen LogP contribution in [0.2, 0.25) is 0 Å². The maximum Gasteiger partial charge on any atom is 0.324 e. The van der Waals surface area contributed by atoms with Crippen LogP contribution in [0.15, 0.2) is 65.8 Å². The van der Waals surface area contributed by atoms with Crippen LogP contribution in [0.1, 0.15) is 83.5 Å². The number of likely N-dealkylation sites (tertiary alicyclic amines) is 2. The first-order chi connectivity index (χ1) is 30.5. The lowest BCUT2D eigenvalue weighted by Crippen LogP contribution is -2.64. The van der Waals surface area contributed by atoms with Crippen molar-refractivity contribution in [2.75, 3.05) is 39.9 Å². The van der Waals surface area contributed by atoms with Gasteiger partial charge in [-0.15, -0.1) is 0 Å². The second-order valence-corrected chi connectivity index (χ2v) is 19.6. The molecule has 1 aromatic heterocycles. The molecule has 14 heteroatoms. The number of amides is 4. The minimum atomic E-state index is -1.03. The highest BCUT2D eigenvalue weighted by Crippen LogP contribution is 2.43. The zero-order valence-electron chi connectivity index (χ0n) is 38.4. The number of carbonyl (C=O) groups is 5. The standard InChI is InChI=1S/C50H63N7O7/c1-9-41(58)55-27-50(28-55)19-22-56(48(50)62)43(30(2)3)45(59)52-39-24-32-13-10-14-33(23-32)34-17-18-40-36(25-34)37(44(54(40)7)35-15-11-20-51-42(35)31(4)63-8)26-49(5,6)29-64-47(61)38-16-12-21-57(53-38)46(39)60/h9-10,13-14,17-18,20,23,25,30-31,38-39,43,53H,1,11-12,15-16,19,21-22,24,26-29H2,2-8H3,(H,52,59)/t31-,38-,39-,43-/m0/s1. The van der Waals surface area contributed by atoms with Gasteiger partial charge in [0.15, 0.2) is 0 Å². The zero-order valence-corrected chi connectivity index (χ0v) is 38.4. The van der Waals surface area contributed by atoms with E-state index in [9.17, 15) is 24.0 Å². The van der Waals surface area contributed by atoms with Crippen molar-refractivity contribution in [1.82, 2.24) is 30.1 Å². The Morgan fingerprint density at radius 3 is 2.56 bits per heavy atom. The highest BCUT2D eigenvalue weighted by atomic mass is 16.5. The van der Waals surface area contributed by atoms with E-state index < -0.39 is 40.8 Å². The normalized spacial score (nSPS) is 23.2. The van der Waals surface area contributed by atoms with Gasteiger partial charge in [0.25, 0.3) is 5.91 Å². The van der Waals surface area contributed by atoms with Gasteiger partial charge in [-0.3, -0.25) is 34.0 Å². The van der Waals surface area contributed by atoms with E-state index in [0.717, 1.165) is 63.0 Å². The molecule has 64 heavy (non-hydrogen) atoms. The van der Waals surface area contributed by atoms with Crippen LogP contribution in [0.4, 0.5) is 0 Å². The van der Waals surface area contributed by atoms with E-state index in [0.29, 0.717) is 51.9 Å². The van der Waals surface area contributed by atoms with Crippen LogP contribution in [-0.2, 0) is 53.3 Å². The van der Waals surface area contributed by atoms with Gasteiger partial charge in [0.2, 0.25) is 17.7 Å². The Bertz CT molecular complexity index is 2440. The Balaban J connectivity index is 1.17. The van der Waals surface area contributed by atoms with E-state index in [1.807, 2.05) is 39.1 Å². The molecule has 5 aliphatic heterocycles. The number of carbonyl (C=O) groups excluding carboxylic acids is 5. The van der Waals surface area contributed by atoms with Crippen LogP contribution < -0.4 is 10.7 Å². The summed E-state index contributed by atoms with van der Waals surface area (Å²) in [7, 11) is 3.81.